The molecule has 3 heteroatoms. The summed E-state index contributed by atoms with van der Waals surface area (Å²) in [4.78, 5) is 14.1. The van der Waals surface area contributed by atoms with Gasteiger partial charge in [0, 0.05) is 24.3 Å². The van der Waals surface area contributed by atoms with Gasteiger partial charge in [-0.25, -0.2) is 0 Å². The minimum absolute atomic E-state index is 0.00636. The van der Waals surface area contributed by atoms with E-state index in [0.717, 1.165) is 0 Å². The van der Waals surface area contributed by atoms with Gasteiger partial charge in [-0.1, -0.05) is 19.3 Å². The second kappa shape index (κ2) is 6.20. The lowest BCUT2D eigenvalue weighted by molar-refractivity contribution is 0.0968. The highest BCUT2D eigenvalue weighted by Gasteiger charge is 2.18. The number of nitrogens with two attached hydrogens (primary N) is 1. The summed E-state index contributed by atoms with van der Waals surface area (Å²) in [5.41, 5.74) is 7.52. The molecule has 2 rings (SSSR count). The highest BCUT2D eigenvalue weighted by atomic mass is 16.1. The van der Waals surface area contributed by atoms with Gasteiger partial charge in [-0.2, -0.15) is 0 Å². The van der Waals surface area contributed by atoms with Gasteiger partial charge in [0.15, 0.2) is 5.78 Å². The van der Waals surface area contributed by atoms with E-state index in [-0.39, 0.29) is 5.78 Å². The number of nitrogens with zero attached hydrogens (tertiary/aromatic N) is 1. The summed E-state index contributed by atoms with van der Waals surface area (Å²) in [5.74, 6) is 0.00636. The molecule has 0 saturated heterocycles. The molecule has 0 bridgehead atoms. The van der Waals surface area contributed by atoms with Gasteiger partial charge in [0.25, 0.3) is 0 Å². The van der Waals surface area contributed by atoms with Gasteiger partial charge in [-0.05, 0) is 44.0 Å². The summed E-state index contributed by atoms with van der Waals surface area (Å²) in [6.45, 7) is 1.73. The van der Waals surface area contributed by atoms with Crippen LogP contribution in [-0.2, 0) is 0 Å². The van der Waals surface area contributed by atoms with Gasteiger partial charge in [0.1, 0.15) is 0 Å². The highest BCUT2D eigenvalue weighted by molar-refractivity contribution is 5.99. The van der Waals surface area contributed by atoms with Crippen molar-refractivity contribution in [2.24, 2.45) is 5.73 Å². The van der Waals surface area contributed by atoms with Crippen LogP contribution in [-0.4, -0.2) is 24.9 Å². The van der Waals surface area contributed by atoms with E-state index < -0.39 is 6.04 Å². The minimum atomic E-state index is -0.429. The highest BCUT2D eigenvalue weighted by Crippen LogP contribution is 2.26. The average molecular weight is 260 g/mol. The first-order valence-corrected chi connectivity index (χ1v) is 7.22. The number of carbonyl (C=O) groups is 1. The van der Waals surface area contributed by atoms with Gasteiger partial charge in [0.2, 0.25) is 0 Å². The van der Waals surface area contributed by atoms with Crippen LogP contribution >= 0.6 is 0 Å². The van der Waals surface area contributed by atoms with E-state index in [1.807, 2.05) is 24.3 Å². The van der Waals surface area contributed by atoms with Gasteiger partial charge in [0.05, 0.1) is 6.04 Å². The molecule has 2 N–H and O–H groups in total. The molecular formula is C16H24N2O. The summed E-state index contributed by atoms with van der Waals surface area (Å²) in [7, 11) is 2.15. The molecule has 1 aliphatic rings. The third kappa shape index (κ3) is 3.35. The van der Waals surface area contributed by atoms with E-state index >= 15 is 0 Å². The maximum absolute atomic E-state index is 11.8. The molecule has 1 unspecified atom stereocenters. The SMILES string of the molecule is CC(N)C(=O)c1ccc(N(C)C2CCCCC2)cc1. The van der Waals surface area contributed by atoms with Crippen molar-refractivity contribution in [2.45, 2.75) is 51.1 Å². The fourth-order valence-electron chi connectivity index (χ4n) is 2.80. The van der Waals surface area contributed by atoms with Crippen LogP contribution in [0.4, 0.5) is 5.69 Å². The summed E-state index contributed by atoms with van der Waals surface area (Å²) >= 11 is 0. The predicted octanol–water partition coefficient (Wildman–Crippen LogP) is 2.99. The van der Waals surface area contributed by atoms with Crippen molar-refractivity contribution in [2.75, 3.05) is 11.9 Å². The monoisotopic (exact) mass is 260 g/mol. The van der Waals surface area contributed by atoms with Crippen LogP contribution in [0.1, 0.15) is 49.4 Å². The number of hydrogen-bond acceptors (Lipinski definition) is 3. The van der Waals surface area contributed by atoms with E-state index in [4.69, 9.17) is 5.73 Å². The lowest BCUT2D eigenvalue weighted by Crippen LogP contribution is -2.33. The largest absolute Gasteiger partial charge is 0.372 e. The molecule has 1 aromatic carbocycles. The Bertz CT molecular complexity index is 419. The predicted molar refractivity (Wildman–Crippen MR) is 79.7 cm³/mol. The number of hydrogen-bond donors (Lipinski definition) is 1. The number of anilines is 1. The summed E-state index contributed by atoms with van der Waals surface area (Å²) in [6, 6.07) is 8.06. The van der Waals surface area contributed by atoms with Crippen LogP contribution in [0.5, 0.6) is 0 Å². The van der Waals surface area contributed by atoms with Crippen LogP contribution in [0, 0.1) is 0 Å². The van der Waals surface area contributed by atoms with E-state index in [0.29, 0.717) is 11.6 Å². The quantitative estimate of drug-likeness (QED) is 0.847. The summed E-state index contributed by atoms with van der Waals surface area (Å²) < 4.78 is 0. The number of benzene rings is 1. The maximum atomic E-state index is 11.8. The zero-order valence-electron chi connectivity index (χ0n) is 11.9. The second-order valence-corrected chi connectivity index (χ2v) is 5.60. The normalized spacial score (nSPS) is 18.1. The van der Waals surface area contributed by atoms with Crippen molar-refractivity contribution in [1.29, 1.82) is 0 Å². The van der Waals surface area contributed by atoms with E-state index in [1.165, 1.54) is 37.8 Å². The molecule has 3 nitrogen and oxygen atoms in total. The van der Waals surface area contributed by atoms with Crippen molar-refractivity contribution in [3.63, 3.8) is 0 Å². The van der Waals surface area contributed by atoms with E-state index in [1.54, 1.807) is 6.92 Å². The Morgan fingerprint density at radius 2 is 1.79 bits per heavy atom. The smallest absolute Gasteiger partial charge is 0.179 e. The lowest BCUT2D eigenvalue weighted by atomic mass is 9.94. The topological polar surface area (TPSA) is 46.3 Å². The number of ketones is 1. The Morgan fingerprint density at radius 3 is 2.32 bits per heavy atom. The standard InChI is InChI=1S/C16H24N2O/c1-12(17)16(19)13-8-10-15(11-9-13)18(2)14-6-4-3-5-7-14/h8-12,14H,3-7,17H2,1-2H3. The third-order valence-corrected chi connectivity index (χ3v) is 4.10. The summed E-state index contributed by atoms with van der Waals surface area (Å²) in [6.07, 6.45) is 6.58. The van der Waals surface area contributed by atoms with E-state index in [2.05, 4.69) is 11.9 Å². The zero-order valence-corrected chi connectivity index (χ0v) is 11.9. The Labute approximate surface area is 115 Å². The molecule has 1 aromatic rings. The molecule has 0 aliphatic heterocycles. The maximum Gasteiger partial charge on any atom is 0.179 e. The van der Waals surface area contributed by atoms with Crippen LogP contribution in [0.2, 0.25) is 0 Å². The zero-order chi connectivity index (χ0) is 13.8. The van der Waals surface area contributed by atoms with Crippen molar-refractivity contribution in [1.82, 2.24) is 0 Å². The third-order valence-electron chi connectivity index (χ3n) is 4.10. The molecule has 0 aromatic heterocycles. The van der Waals surface area contributed by atoms with Crippen LogP contribution in [0.25, 0.3) is 0 Å². The van der Waals surface area contributed by atoms with Gasteiger partial charge >= 0.3 is 0 Å². The fourth-order valence-corrected chi connectivity index (χ4v) is 2.80. The molecule has 0 amide bonds. The Hall–Kier alpha value is -1.35. The average Bonchev–Trinajstić information content (AvgIpc) is 2.46. The van der Waals surface area contributed by atoms with Crippen LogP contribution < -0.4 is 10.6 Å². The molecule has 1 aliphatic carbocycles. The molecule has 1 atom stereocenters. The number of Topliss-reactive ketones (excluding diaryl/α,β-unsaturated/α-hetero) is 1. The lowest BCUT2D eigenvalue weighted by Gasteiger charge is -2.33. The molecule has 104 valence electrons. The Balaban J connectivity index is 2.07. The molecule has 1 fully saturated rings. The molecule has 19 heavy (non-hydrogen) atoms. The summed E-state index contributed by atoms with van der Waals surface area (Å²) in [5, 5.41) is 0. The Kier molecular flexibility index (Phi) is 4.59. The van der Waals surface area contributed by atoms with Crippen LogP contribution in [0.3, 0.4) is 0 Å². The minimum Gasteiger partial charge on any atom is -0.372 e. The molecule has 1 saturated carbocycles. The molecule has 0 spiro atoms. The van der Waals surface area contributed by atoms with Crippen molar-refractivity contribution >= 4 is 11.5 Å². The first kappa shape index (κ1) is 14.1. The second-order valence-electron chi connectivity index (χ2n) is 5.60. The number of rotatable bonds is 4. The van der Waals surface area contributed by atoms with Crippen LogP contribution in [0.15, 0.2) is 24.3 Å². The first-order chi connectivity index (χ1) is 9.09. The van der Waals surface area contributed by atoms with E-state index in [9.17, 15) is 4.79 Å². The number of carbonyl (C=O) groups excluding carboxylic acids is 1. The van der Waals surface area contributed by atoms with Gasteiger partial charge in [-0.3, -0.25) is 4.79 Å². The molecule has 0 radical (unpaired) electrons. The molecular weight excluding hydrogens is 236 g/mol. The first-order valence-electron chi connectivity index (χ1n) is 7.22. The Morgan fingerprint density at radius 1 is 1.21 bits per heavy atom. The van der Waals surface area contributed by atoms with Gasteiger partial charge < -0.3 is 10.6 Å². The van der Waals surface area contributed by atoms with Crippen molar-refractivity contribution < 1.29 is 4.79 Å². The van der Waals surface area contributed by atoms with Crippen molar-refractivity contribution in [3.05, 3.63) is 29.8 Å². The van der Waals surface area contributed by atoms with Crippen molar-refractivity contribution in [3.8, 4) is 0 Å². The van der Waals surface area contributed by atoms with Gasteiger partial charge in [-0.15, -0.1) is 0 Å². The molecule has 0 heterocycles. The fraction of sp³-hybridized carbons (Fsp3) is 0.562.